The van der Waals surface area contributed by atoms with Crippen LogP contribution in [0.25, 0.3) is 0 Å². The molecule has 0 aliphatic heterocycles. The van der Waals surface area contributed by atoms with Crippen molar-refractivity contribution in [1.82, 2.24) is 4.98 Å². The minimum Gasteiger partial charge on any atom is -0.464 e. The molecule has 1 heterocycles. The van der Waals surface area contributed by atoms with E-state index in [9.17, 15) is 9.59 Å². The number of Topliss-reactive ketones (excluding diaryl/α,β-unsaturated/α-hetero) is 1. The minimum atomic E-state index is -0.584. The number of ketones is 1. The Balaban J connectivity index is 2.15. The smallest absolute Gasteiger partial charge is 0.358 e. The number of halogens is 1. The van der Waals surface area contributed by atoms with E-state index in [0.717, 1.165) is 4.90 Å². The maximum Gasteiger partial charge on any atom is 0.358 e. The molecule has 7 heteroatoms. The van der Waals surface area contributed by atoms with E-state index >= 15 is 0 Å². The first kappa shape index (κ1) is 16.0. The van der Waals surface area contributed by atoms with Crippen LogP contribution in [0.4, 0.5) is 0 Å². The fourth-order valence-electron chi connectivity index (χ4n) is 1.58. The summed E-state index contributed by atoms with van der Waals surface area (Å²) in [5, 5.41) is 1.39. The van der Waals surface area contributed by atoms with Crippen LogP contribution >= 0.6 is 34.7 Å². The van der Waals surface area contributed by atoms with Gasteiger partial charge in [-0.3, -0.25) is 4.79 Å². The van der Waals surface area contributed by atoms with Crippen molar-refractivity contribution in [3.8, 4) is 0 Å². The highest BCUT2D eigenvalue weighted by molar-refractivity contribution is 7.98. The molecule has 0 atom stereocenters. The standard InChI is InChI=1S/C14H12ClNO3S2/c1-8(17)13-12(14(18)19-2)16-11(21-13)7-20-10-5-3-9(15)4-6-10/h3-6H,7H2,1-2H3. The van der Waals surface area contributed by atoms with Crippen molar-refractivity contribution in [2.24, 2.45) is 0 Å². The van der Waals surface area contributed by atoms with E-state index < -0.39 is 5.97 Å². The van der Waals surface area contributed by atoms with Gasteiger partial charge < -0.3 is 4.74 Å². The molecular weight excluding hydrogens is 330 g/mol. The van der Waals surface area contributed by atoms with Crippen LogP contribution in [-0.4, -0.2) is 23.8 Å². The first-order valence-corrected chi connectivity index (χ1v) is 8.16. The summed E-state index contributed by atoms with van der Waals surface area (Å²) in [4.78, 5) is 28.8. The first-order valence-electron chi connectivity index (χ1n) is 5.98. The largest absolute Gasteiger partial charge is 0.464 e. The highest BCUT2D eigenvalue weighted by Crippen LogP contribution is 2.28. The van der Waals surface area contributed by atoms with E-state index in [-0.39, 0.29) is 11.5 Å². The third-order valence-electron chi connectivity index (χ3n) is 2.55. The van der Waals surface area contributed by atoms with E-state index in [4.69, 9.17) is 11.6 Å². The second-order valence-corrected chi connectivity index (χ2v) is 6.64. The maximum absolute atomic E-state index is 11.6. The molecule has 1 aromatic carbocycles. The summed E-state index contributed by atoms with van der Waals surface area (Å²) in [6.07, 6.45) is 0. The second-order valence-electron chi connectivity index (χ2n) is 4.08. The van der Waals surface area contributed by atoms with Crippen LogP contribution in [-0.2, 0) is 10.5 Å². The lowest BCUT2D eigenvalue weighted by Crippen LogP contribution is -2.07. The van der Waals surface area contributed by atoms with Crippen molar-refractivity contribution in [3.05, 3.63) is 44.9 Å². The van der Waals surface area contributed by atoms with E-state index in [1.807, 2.05) is 24.3 Å². The Kier molecular flexibility index (Phi) is 5.39. The molecule has 4 nitrogen and oxygen atoms in total. The second kappa shape index (κ2) is 7.06. The molecule has 0 fully saturated rings. The van der Waals surface area contributed by atoms with Gasteiger partial charge in [-0.25, -0.2) is 9.78 Å². The molecular formula is C14H12ClNO3S2. The highest BCUT2D eigenvalue weighted by atomic mass is 35.5. The predicted octanol–water partition coefficient (Wildman–Crippen LogP) is 4.08. The van der Waals surface area contributed by atoms with Crippen molar-refractivity contribution in [2.45, 2.75) is 17.6 Å². The van der Waals surface area contributed by atoms with E-state index in [1.54, 1.807) is 11.8 Å². The fourth-order valence-corrected chi connectivity index (χ4v) is 3.54. The molecule has 0 aliphatic rings. The van der Waals surface area contributed by atoms with Gasteiger partial charge in [0.1, 0.15) is 9.88 Å². The molecule has 0 bridgehead atoms. The quantitative estimate of drug-likeness (QED) is 0.466. The molecule has 21 heavy (non-hydrogen) atoms. The molecule has 0 aliphatic carbocycles. The number of rotatable bonds is 5. The van der Waals surface area contributed by atoms with Gasteiger partial charge in [0.2, 0.25) is 0 Å². The van der Waals surface area contributed by atoms with Gasteiger partial charge in [-0.1, -0.05) is 11.6 Å². The van der Waals surface area contributed by atoms with Crippen molar-refractivity contribution in [2.75, 3.05) is 7.11 Å². The lowest BCUT2D eigenvalue weighted by atomic mass is 10.3. The molecule has 110 valence electrons. The number of esters is 1. The Morgan fingerprint density at radius 3 is 2.57 bits per heavy atom. The Morgan fingerprint density at radius 2 is 2.00 bits per heavy atom. The Labute approximate surface area is 135 Å². The Hall–Kier alpha value is -1.37. The molecule has 0 unspecified atom stereocenters. The number of methoxy groups -OCH3 is 1. The van der Waals surface area contributed by atoms with Gasteiger partial charge in [0, 0.05) is 16.8 Å². The summed E-state index contributed by atoms with van der Waals surface area (Å²) < 4.78 is 4.65. The van der Waals surface area contributed by atoms with Gasteiger partial charge in [0.05, 0.1) is 12.9 Å². The summed E-state index contributed by atoms with van der Waals surface area (Å²) in [7, 11) is 1.27. The zero-order chi connectivity index (χ0) is 15.4. The van der Waals surface area contributed by atoms with Crippen LogP contribution in [0.15, 0.2) is 29.2 Å². The normalized spacial score (nSPS) is 10.4. The highest BCUT2D eigenvalue weighted by Gasteiger charge is 2.21. The van der Waals surface area contributed by atoms with E-state index in [1.165, 1.54) is 25.4 Å². The monoisotopic (exact) mass is 341 g/mol. The topological polar surface area (TPSA) is 56.3 Å². The summed E-state index contributed by atoms with van der Waals surface area (Å²) in [6, 6.07) is 7.45. The van der Waals surface area contributed by atoms with Crippen molar-refractivity contribution < 1.29 is 14.3 Å². The number of aromatic nitrogens is 1. The minimum absolute atomic E-state index is 0.0988. The zero-order valence-electron chi connectivity index (χ0n) is 11.4. The van der Waals surface area contributed by atoms with Gasteiger partial charge in [-0.05, 0) is 24.3 Å². The molecule has 0 spiro atoms. The van der Waals surface area contributed by atoms with E-state index in [2.05, 4.69) is 9.72 Å². The lowest BCUT2D eigenvalue weighted by molar-refractivity contribution is 0.0591. The summed E-state index contributed by atoms with van der Waals surface area (Å²) in [5.41, 5.74) is 0.0988. The molecule has 1 aromatic heterocycles. The van der Waals surface area contributed by atoms with E-state index in [0.29, 0.717) is 20.7 Å². The third-order valence-corrected chi connectivity index (χ3v) is 5.16. The van der Waals surface area contributed by atoms with Crippen LogP contribution in [0.3, 0.4) is 0 Å². The first-order chi connectivity index (χ1) is 10.0. The van der Waals surface area contributed by atoms with Gasteiger partial charge in [0.15, 0.2) is 11.5 Å². The van der Waals surface area contributed by atoms with Gasteiger partial charge in [-0.2, -0.15) is 0 Å². The van der Waals surface area contributed by atoms with Crippen LogP contribution in [0, 0.1) is 0 Å². The number of hydrogen-bond acceptors (Lipinski definition) is 6. The fraction of sp³-hybridized carbons (Fsp3) is 0.214. The van der Waals surface area contributed by atoms with Crippen molar-refractivity contribution in [1.29, 1.82) is 0 Å². The Morgan fingerprint density at radius 1 is 1.33 bits per heavy atom. The van der Waals surface area contributed by atoms with Crippen molar-refractivity contribution >= 4 is 46.5 Å². The number of hydrogen-bond donors (Lipinski definition) is 0. The van der Waals surface area contributed by atoms with Crippen LogP contribution in [0.5, 0.6) is 0 Å². The molecule has 0 N–H and O–H groups in total. The summed E-state index contributed by atoms with van der Waals surface area (Å²) in [6.45, 7) is 1.41. The molecule has 0 radical (unpaired) electrons. The molecule has 0 amide bonds. The number of ether oxygens (including phenoxy) is 1. The number of benzene rings is 1. The van der Waals surface area contributed by atoms with Crippen LogP contribution in [0.2, 0.25) is 5.02 Å². The number of nitrogens with zero attached hydrogens (tertiary/aromatic N) is 1. The average molecular weight is 342 g/mol. The average Bonchev–Trinajstić information content (AvgIpc) is 2.90. The molecule has 2 aromatic rings. The zero-order valence-corrected chi connectivity index (χ0v) is 13.8. The molecule has 0 saturated carbocycles. The van der Waals surface area contributed by atoms with Crippen LogP contribution < -0.4 is 0 Å². The Bertz CT molecular complexity index is 667. The summed E-state index contributed by atoms with van der Waals surface area (Å²) in [5.74, 6) is -0.196. The molecule has 0 saturated heterocycles. The number of carbonyl (C=O) groups excluding carboxylic acids is 2. The molecule has 2 rings (SSSR count). The van der Waals surface area contributed by atoms with Gasteiger partial charge in [0.25, 0.3) is 0 Å². The maximum atomic E-state index is 11.6. The van der Waals surface area contributed by atoms with Gasteiger partial charge in [-0.15, -0.1) is 23.1 Å². The number of carbonyl (C=O) groups is 2. The summed E-state index contributed by atoms with van der Waals surface area (Å²) >= 11 is 8.62. The van der Waals surface area contributed by atoms with Crippen molar-refractivity contribution in [3.63, 3.8) is 0 Å². The predicted molar refractivity (Wildman–Crippen MR) is 84.5 cm³/mol. The number of thioether (sulfide) groups is 1. The number of thiazole rings is 1. The van der Waals surface area contributed by atoms with Crippen LogP contribution in [0.1, 0.15) is 32.1 Å². The van der Waals surface area contributed by atoms with Gasteiger partial charge >= 0.3 is 5.97 Å². The third kappa shape index (κ3) is 4.06. The SMILES string of the molecule is COC(=O)c1nc(CSc2ccc(Cl)cc2)sc1C(C)=O. The lowest BCUT2D eigenvalue weighted by Gasteiger charge is -1.98.